The van der Waals surface area contributed by atoms with Crippen LogP contribution in [0.3, 0.4) is 0 Å². The van der Waals surface area contributed by atoms with Crippen LogP contribution in [0.2, 0.25) is 5.15 Å². The number of nitrogens with zero attached hydrogens (tertiary/aromatic N) is 2. The van der Waals surface area contributed by atoms with E-state index in [2.05, 4.69) is 20.0 Å². The zero-order valence-corrected chi connectivity index (χ0v) is 15.7. The van der Waals surface area contributed by atoms with Gasteiger partial charge in [-0.2, -0.15) is 8.78 Å². The van der Waals surface area contributed by atoms with Gasteiger partial charge in [0.1, 0.15) is 10.9 Å². The van der Waals surface area contributed by atoms with E-state index in [1.54, 1.807) is 30.5 Å². The van der Waals surface area contributed by atoms with Crippen LogP contribution < -0.4 is 10.1 Å². The van der Waals surface area contributed by atoms with Gasteiger partial charge in [-0.3, -0.25) is 4.79 Å². The molecule has 3 rings (SSSR count). The van der Waals surface area contributed by atoms with Gasteiger partial charge in [-0.15, -0.1) is 11.3 Å². The molecule has 0 aliphatic rings. The van der Waals surface area contributed by atoms with Gasteiger partial charge in [0, 0.05) is 16.6 Å². The molecule has 0 radical (unpaired) electrons. The van der Waals surface area contributed by atoms with Gasteiger partial charge in [-0.1, -0.05) is 17.7 Å². The molecule has 0 aliphatic carbocycles. The Kier molecular flexibility index (Phi) is 5.98. The van der Waals surface area contributed by atoms with Crippen LogP contribution >= 0.6 is 22.9 Å². The smallest absolute Gasteiger partial charge is 0.387 e. The number of aromatic nitrogens is 2. The number of aryl methyl sites for hydroxylation is 1. The first-order chi connectivity index (χ1) is 12.9. The lowest BCUT2D eigenvalue weighted by molar-refractivity contribution is -0.115. The molecule has 3 aromatic rings. The molecule has 0 fully saturated rings. The van der Waals surface area contributed by atoms with Crippen molar-refractivity contribution in [3.8, 4) is 17.0 Å². The molecule has 9 heteroatoms. The van der Waals surface area contributed by atoms with Crippen molar-refractivity contribution in [3.63, 3.8) is 0 Å². The normalized spacial score (nSPS) is 10.9. The first kappa shape index (κ1) is 19.2. The van der Waals surface area contributed by atoms with E-state index in [0.717, 1.165) is 16.0 Å². The van der Waals surface area contributed by atoms with E-state index in [0.29, 0.717) is 16.0 Å². The molecule has 140 valence electrons. The summed E-state index contributed by atoms with van der Waals surface area (Å²) >= 11 is 7.06. The summed E-state index contributed by atoms with van der Waals surface area (Å²) in [4.78, 5) is 21.4. The first-order valence-electron chi connectivity index (χ1n) is 7.83. The van der Waals surface area contributed by atoms with Gasteiger partial charge in [0.25, 0.3) is 0 Å². The first-order valence-corrected chi connectivity index (χ1v) is 9.03. The fourth-order valence-electron chi connectivity index (χ4n) is 2.37. The fraction of sp³-hybridized carbons (Fsp3) is 0.167. The summed E-state index contributed by atoms with van der Waals surface area (Å²) in [7, 11) is 0. The molecule has 2 heterocycles. The van der Waals surface area contributed by atoms with E-state index >= 15 is 0 Å². The molecule has 1 amide bonds. The zero-order valence-electron chi connectivity index (χ0n) is 14.1. The van der Waals surface area contributed by atoms with Crippen LogP contribution in [0.15, 0.2) is 42.6 Å². The van der Waals surface area contributed by atoms with Crippen molar-refractivity contribution >= 4 is 34.0 Å². The van der Waals surface area contributed by atoms with Crippen molar-refractivity contribution in [2.45, 2.75) is 20.0 Å². The number of anilines is 1. The number of benzene rings is 1. The lowest BCUT2D eigenvalue weighted by atomic mass is 10.1. The second kappa shape index (κ2) is 8.41. The summed E-state index contributed by atoms with van der Waals surface area (Å²) < 4.78 is 28.8. The highest BCUT2D eigenvalue weighted by atomic mass is 35.5. The van der Waals surface area contributed by atoms with Gasteiger partial charge in [0.2, 0.25) is 5.91 Å². The highest BCUT2D eigenvalue weighted by Crippen LogP contribution is 2.31. The minimum Gasteiger partial charge on any atom is -0.435 e. The molecule has 0 saturated heterocycles. The van der Waals surface area contributed by atoms with Crippen molar-refractivity contribution in [2.24, 2.45) is 0 Å². The van der Waals surface area contributed by atoms with Crippen molar-refractivity contribution in [1.82, 2.24) is 9.97 Å². The Hall–Kier alpha value is -2.58. The summed E-state index contributed by atoms with van der Waals surface area (Å²) in [6.07, 6.45) is 1.70. The van der Waals surface area contributed by atoms with Crippen molar-refractivity contribution in [3.05, 3.63) is 58.2 Å². The third-order valence-corrected chi connectivity index (χ3v) is 4.66. The topological polar surface area (TPSA) is 64.1 Å². The van der Waals surface area contributed by atoms with Crippen LogP contribution in [0.4, 0.5) is 13.9 Å². The molecule has 0 atom stereocenters. The van der Waals surface area contributed by atoms with E-state index in [1.807, 2.05) is 6.92 Å². The van der Waals surface area contributed by atoms with Crippen LogP contribution in [0.25, 0.3) is 11.3 Å². The predicted molar refractivity (Wildman–Crippen MR) is 100 cm³/mol. The Morgan fingerprint density at radius 1 is 1.26 bits per heavy atom. The fourth-order valence-corrected chi connectivity index (χ4v) is 3.34. The van der Waals surface area contributed by atoms with Crippen molar-refractivity contribution in [1.29, 1.82) is 0 Å². The summed E-state index contributed by atoms with van der Waals surface area (Å²) in [6.45, 7) is -0.996. The summed E-state index contributed by atoms with van der Waals surface area (Å²) in [5.74, 6) is -0.146. The van der Waals surface area contributed by atoms with Gasteiger partial charge < -0.3 is 10.1 Å². The number of amides is 1. The second-order valence-corrected chi connectivity index (χ2v) is 7.13. The summed E-state index contributed by atoms with van der Waals surface area (Å²) in [5.41, 5.74) is 2.15. The molecule has 1 aromatic carbocycles. The predicted octanol–water partition coefficient (Wildman–Crippen LogP) is 4.95. The van der Waals surface area contributed by atoms with Crippen molar-refractivity contribution in [2.75, 3.05) is 5.32 Å². The van der Waals surface area contributed by atoms with Crippen LogP contribution in [0.5, 0.6) is 5.75 Å². The van der Waals surface area contributed by atoms with Crippen LogP contribution in [-0.2, 0) is 11.2 Å². The number of carbonyl (C=O) groups is 1. The van der Waals surface area contributed by atoms with Gasteiger partial charge in [0.15, 0.2) is 5.13 Å². The molecule has 0 saturated carbocycles. The van der Waals surface area contributed by atoms with Crippen molar-refractivity contribution < 1.29 is 18.3 Å². The number of rotatable bonds is 6. The molecule has 0 unspecified atom stereocenters. The average Bonchev–Trinajstić information content (AvgIpc) is 2.97. The van der Waals surface area contributed by atoms with Crippen LogP contribution in [-0.4, -0.2) is 22.5 Å². The number of alkyl halides is 2. The van der Waals surface area contributed by atoms with E-state index < -0.39 is 6.61 Å². The third kappa shape index (κ3) is 5.21. The molecule has 5 nitrogen and oxygen atoms in total. The van der Waals surface area contributed by atoms with Gasteiger partial charge in [-0.25, -0.2) is 9.97 Å². The maximum Gasteiger partial charge on any atom is 0.387 e. The van der Waals surface area contributed by atoms with E-state index in [-0.39, 0.29) is 18.1 Å². The number of nitrogens with one attached hydrogen (secondary N) is 1. The zero-order chi connectivity index (χ0) is 19.4. The number of pyridine rings is 1. The minimum absolute atomic E-state index is 0.0757. The molecule has 0 aliphatic heterocycles. The number of halogens is 3. The Bertz CT molecular complexity index is 931. The number of hydrogen-bond donors (Lipinski definition) is 1. The van der Waals surface area contributed by atoms with E-state index in [1.165, 1.54) is 23.5 Å². The lowest BCUT2D eigenvalue weighted by Crippen LogP contribution is -2.14. The summed E-state index contributed by atoms with van der Waals surface area (Å²) in [6, 6.07) is 9.54. The molecular formula is C18H14ClF2N3O2S. The molecule has 2 aromatic heterocycles. The number of thiazole rings is 1. The Balaban J connectivity index is 1.68. The SMILES string of the molecule is Cc1sc(NC(=O)Cc2ccc(Cl)nc2)nc1-c1ccc(OC(F)F)cc1. The highest BCUT2D eigenvalue weighted by molar-refractivity contribution is 7.16. The largest absolute Gasteiger partial charge is 0.435 e. The molecule has 0 bridgehead atoms. The van der Waals surface area contributed by atoms with E-state index in [9.17, 15) is 13.6 Å². The van der Waals surface area contributed by atoms with Crippen LogP contribution in [0.1, 0.15) is 10.4 Å². The third-order valence-electron chi connectivity index (χ3n) is 3.55. The quantitative estimate of drug-likeness (QED) is 0.585. The number of carbonyl (C=O) groups excluding carboxylic acids is 1. The minimum atomic E-state index is -2.87. The lowest BCUT2D eigenvalue weighted by Gasteiger charge is -2.05. The van der Waals surface area contributed by atoms with Gasteiger partial charge in [-0.05, 0) is 42.8 Å². The molecule has 0 spiro atoms. The maximum absolute atomic E-state index is 12.2. The standard InChI is InChI=1S/C18H14ClF2N3O2S/c1-10-16(12-3-5-13(6-4-12)26-17(20)21)24-18(27-10)23-15(25)8-11-2-7-14(19)22-9-11/h2-7,9,17H,8H2,1H3,(H,23,24,25). The average molecular weight is 410 g/mol. The monoisotopic (exact) mass is 409 g/mol. The Morgan fingerprint density at radius 2 is 2.00 bits per heavy atom. The Labute approximate surface area is 163 Å². The number of ether oxygens (including phenoxy) is 1. The molecular weight excluding hydrogens is 396 g/mol. The maximum atomic E-state index is 12.2. The Morgan fingerprint density at radius 3 is 2.63 bits per heavy atom. The molecule has 1 N–H and O–H groups in total. The molecule has 27 heavy (non-hydrogen) atoms. The highest BCUT2D eigenvalue weighted by Gasteiger charge is 2.13. The van der Waals surface area contributed by atoms with E-state index in [4.69, 9.17) is 11.6 Å². The second-order valence-electron chi connectivity index (χ2n) is 5.54. The number of hydrogen-bond acceptors (Lipinski definition) is 5. The van der Waals surface area contributed by atoms with Gasteiger partial charge in [0.05, 0.1) is 12.1 Å². The summed E-state index contributed by atoms with van der Waals surface area (Å²) in [5, 5.41) is 3.58. The van der Waals surface area contributed by atoms with Crippen LogP contribution in [0, 0.1) is 6.92 Å². The van der Waals surface area contributed by atoms with Gasteiger partial charge >= 0.3 is 6.61 Å².